The number of aryl methyl sites for hydroxylation is 2. The number of nitrogens with zero attached hydrogens (tertiary/aromatic N) is 4. The van der Waals surface area contributed by atoms with Crippen LogP contribution in [0, 0.1) is 29.9 Å². The zero-order chi connectivity index (χ0) is 22.7. The van der Waals surface area contributed by atoms with E-state index in [0.29, 0.717) is 24.1 Å². The van der Waals surface area contributed by atoms with Crippen LogP contribution in [0.15, 0.2) is 54.6 Å². The van der Waals surface area contributed by atoms with Crippen LogP contribution in [0.4, 0.5) is 17.2 Å². The molecule has 0 radical (unpaired) electrons. The lowest BCUT2D eigenvalue weighted by Gasteiger charge is -2.32. The number of non-ortho nitro benzene ring substituents is 1. The molecule has 1 aliphatic heterocycles. The number of nitro benzene ring substituents is 1. The number of carbonyl (C=O) groups excluding carboxylic acids is 1. The molecule has 1 fully saturated rings. The zero-order valence-electron chi connectivity index (χ0n) is 18.1. The van der Waals surface area contributed by atoms with Gasteiger partial charge >= 0.3 is 0 Å². The van der Waals surface area contributed by atoms with Gasteiger partial charge in [0.05, 0.1) is 10.6 Å². The molecule has 0 atom stereocenters. The average Bonchev–Trinajstić information content (AvgIpc) is 2.81. The standard InChI is InChI=1S/C24H25N5O3/c1-16-5-3-4-6-20(16)22-9-10-23(27-26-22)28-13-11-18(12-14-28)24(30)25-21-8-7-19(29(31)32)15-17(21)2/h3-10,15,18H,11-14H2,1-2H3,(H,25,30). The first-order valence-corrected chi connectivity index (χ1v) is 10.6. The molecule has 1 aromatic heterocycles. The normalized spacial score (nSPS) is 14.2. The molecule has 0 aliphatic carbocycles. The molecule has 164 valence electrons. The number of hydrogen-bond donors (Lipinski definition) is 1. The minimum atomic E-state index is -0.440. The monoisotopic (exact) mass is 431 g/mol. The molecule has 1 amide bonds. The summed E-state index contributed by atoms with van der Waals surface area (Å²) in [4.78, 5) is 25.3. The lowest BCUT2D eigenvalue weighted by atomic mass is 9.95. The van der Waals surface area contributed by atoms with Gasteiger partial charge in [0, 0.05) is 42.4 Å². The first kappa shape index (κ1) is 21.4. The van der Waals surface area contributed by atoms with Gasteiger partial charge in [0.25, 0.3) is 5.69 Å². The summed E-state index contributed by atoms with van der Waals surface area (Å²) >= 11 is 0. The summed E-state index contributed by atoms with van der Waals surface area (Å²) in [5.41, 5.74) is 4.38. The summed E-state index contributed by atoms with van der Waals surface area (Å²) in [5.74, 6) is 0.648. The molecule has 4 rings (SSSR count). The van der Waals surface area contributed by atoms with Crippen molar-refractivity contribution < 1.29 is 9.72 Å². The molecule has 8 nitrogen and oxygen atoms in total. The maximum absolute atomic E-state index is 12.7. The minimum Gasteiger partial charge on any atom is -0.355 e. The van der Waals surface area contributed by atoms with E-state index in [9.17, 15) is 14.9 Å². The second-order valence-corrected chi connectivity index (χ2v) is 8.10. The van der Waals surface area contributed by atoms with Crippen molar-refractivity contribution in [1.82, 2.24) is 10.2 Å². The number of amides is 1. The van der Waals surface area contributed by atoms with Crippen LogP contribution in [0.25, 0.3) is 11.3 Å². The molecule has 1 saturated heterocycles. The molecule has 8 heteroatoms. The van der Waals surface area contributed by atoms with E-state index in [1.165, 1.54) is 12.1 Å². The average molecular weight is 431 g/mol. The van der Waals surface area contributed by atoms with Crippen molar-refractivity contribution >= 4 is 23.1 Å². The molecule has 1 N–H and O–H groups in total. The van der Waals surface area contributed by atoms with Crippen LogP contribution in [0.5, 0.6) is 0 Å². The van der Waals surface area contributed by atoms with Gasteiger partial charge in [0.2, 0.25) is 5.91 Å². The Labute approximate surface area is 186 Å². The quantitative estimate of drug-likeness (QED) is 0.471. The first-order chi connectivity index (χ1) is 15.4. The summed E-state index contributed by atoms with van der Waals surface area (Å²) in [7, 11) is 0. The van der Waals surface area contributed by atoms with Crippen molar-refractivity contribution in [2.24, 2.45) is 5.92 Å². The van der Waals surface area contributed by atoms with E-state index in [0.717, 1.165) is 35.7 Å². The van der Waals surface area contributed by atoms with Crippen LogP contribution < -0.4 is 10.2 Å². The Balaban J connectivity index is 1.35. The fourth-order valence-electron chi connectivity index (χ4n) is 4.01. The molecule has 1 aliphatic rings. The number of carbonyl (C=O) groups is 1. The summed E-state index contributed by atoms with van der Waals surface area (Å²) in [6, 6.07) is 16.5. The van der Waals surface area contributed by atoms with E-state index in [4.69, 9.17) is 0 Å². The van der Waals surface area contributed by atoms with Gasteiger partial charge in [-0.1, -0.05) is 24.3 Å². The Morgan fingerprint density at radius 1 is 1.03 bits per heavy atom. The van der Waals surface area contributed by atoms with Crippen molar-refractivity contribution in [2.45, 2.75) is 26.7 Å². The maximum atomic E-state index is 12.7. The van der Waals surface area contributed by atoms with Gasteiger partial charge in [-0.25, -0.2) is 0 Å². The van der Waals surface area contributed by atoms with Crippen LogP contribution in [0.2, 0.25) is 0 Å². The fourth-order valence-corrected chi connectivity index (χ4v) is 4.01. The van der Waals surface area contributed by atoms with Crippen LogP contribution >= 0.6 is 0 Å². The Hall–Kier alpha value is -3.81. The number of hydrogen-bond acceptors (Lipinski definition) is 6. The number of nitro groups is 1. The maximum Gasteiger partial charge on any atom is 0.269 e. The van der Waals surface area contributed by atoms with Gasteiger partial charge in [-0.15, -0.1) is 10.2 Å². The molecule has 3 aromatic rings. The predicted molar refractivity (Wildman–Crippen MR) is 124 cm³/mol. The summed E-state index contributed by atoms with van der Waals surface area (Å²) in [6.45, 7) is 5.24. The lowest BCUT2D eigenvalue weighted by Crippen LogP contribution is -2.38. The Morgan fingerprint density at radius 2 is 1.78 bits per heavy atom. The SMILES string of the molecule is Cc1cc([N+](=O)[O-])ccc1NC(=O)C1CCN(c2ccc(-c3ccccc3C)nn2)CC1. The Kier molecular flexibility index (Phi) is 6.11. The van der Waals surface area contributed by atoms with Crippen LogP contribution in [0.1, 0.15) is 24.0 Å². The van der Waals surface area contributed by atoms with Crippen LogP contribution in [0.3, 0.4) is 0 Å². The Bertz CT molecular complexity index is 1140. The second-order valence-electron chi connectivity index (χ2n) is 8.10. The molecule has 0 spiro atoms. The molecule has 0 bridgehead atoms. The lowest BCUT2D eigenvalue weighted by molar-refractivity contribution is -0.384. The molecular weight excluding hydrogens is 406 g/mol. The van der Waals surface area contributed by atoms with E-state index in [-0.39, 0.29) is 17.5 Å². The van der Waals surface area contributed by atoms with Crippen molar-refractivity contribution in [2.75, 3.05) is 23.3 Å². The van der Waals surface area contributed by atoms with Gasteiger partial charge < -0.3 is 10.2 Å². The first-order valence-electron chi connectivity index (χ1n) is 10.6. The third-order valence-electron chi connectivity index (χ3n) is 5.94. The highest BCUT2D eigenvalue weighted by Gasteiger charge is 2.26. The third-order valence-corrected chi connectivity index (χ3v) is 5.94. The van der Waals surface area contributed by atoms with Gasteiger partial charge in [0.1, 0.15) is 0 Å². The molecule has 0 unspecified atom stereocenters. The smallest absolute Gasteiger partial charge is 0.269 e. The van der Waals surface area contributed by atoms with Crippen molar-refractivity contribution in [1.29, 1.82) is 0 Å². The highest BCUT2D eigenvalue weighted by molar-refractivity contribution is 5.93. The number of nitrogens with one attached hydrogen (secondary N) is 1. The minimum absolute atomic E-state index is 0.0170. The van der Waals surface area contributed by atoms with Gasteiger partial charge in [-0.2, -0.15) is 0 Å². The topological polar surface area (TPSA) is 101 Å². The number of piperidine rings is 1. The number of anilines is 2. The summed E-state index contributed by atoms with van der Waals surface area (Å²) in [6.07, 6.45) is 1.41. The van der Waals surface area contributed by atoms with Gasteiger partial charge in [-0.3, -0.25) is 14.9 Å². The predicted octanol–water partition coefficient (Wildman–Crippen LogP) is 4.52. The third kappa shape index (κ3) is 4.59. The number of benzene rings is 2. The zero-order valence-corrected chi connectivity index (χ0v) is 18.1. The highest BCUT2D eigenvalue weighted by atomic mass is 16.6. The van der Waals surface area contributed by atoms with E-state index in [1.54, 1.807) is 13.0 Å². The van der Waals surface area contributed by atoms with Gasteiger partial charge in [0.15, 0.2) is 5.82 Å². The number of rotatable bonds is 5. The molecule has 0 saturated carbocycles. The van der Waals surface area contributed by atoms with Crippen molar-refractivity contribution in [3.8, 4) is 11.3 Å². The molecule has 2 aromatic carbocycles. The largest absolute Gasteiger partial charge is 0.355 e. The number of aromatic nitrogens is 2. The molecule has 2 heterocycles. The van der Waals surface area contributed by atoms with Crippen LogP contribution in [-0.4, -0.2) is 34.1 Å². The van der Waals surface area contributed by atoms with E-state index in [2.05, 4.69) is 33.4 Å². The second kappa shape index (κ2) is 9.13. The summed E-state index contributed by atoms with van der Waals surface area (Å²) < 4.78 is 0. The summed E-state index contributed by atoms with van der Waals surface area (Å²) in [5, 5.41) is 22.6. The van der Waals surface area contributed by atoms with Crippen LogP contribution in [-0.2, 0) is 4.79 Å². The van der Waals surface area contributed by atoms with E-state index >= 15 is 0 Å². The highest BCUT2D eigenvalue weighted by Crippen LogP contribution is 2.27. The van der Waals surface area contributed by atoms with E-state index in [1.807, 2.05) is 30.3 Å². The molecular formula is C24H25N5O3. The van der Waals surface area contributed by atoms with Crippen molar-refractivity contribution in [3.63, 3.8) is 0 Å². The van der Waals surface area contributed by atoms with Crippen molar-refractivity contribution in [3.05, 3.63) is 75.8 Å². The molecule has 32 heavy (non-hydrogen) atoms. The fraction of sp³-hybridized carbons (Fsp3) is 0.292. The Morgan fingerprint density at radius 3 is 2.41 bits per heavy atom. The van der Waals surface area contributed by atoms with Gasteiger partial charge in [-0.05, 0) is 56.0 Å². The van der Waals surface area contributed by atoms with E-state index < -0.39 is 4.92 Å².